The molecule has 3 nitrogen and oxygen atoms in total. The molecular weight excluding hydrogens is 222 g/mol. The summed E-state index contributed by atoms with van der Waals surface area (Å²) in [6.45, 7) is 7.27. The first-order valence-electron chi connectivity index (χ1n) is 6.55. The van der Waals surface area contributed by atoms with Gasteiger partial charge in [0.25, 0.3) is 0 Å². The zero-order chi connectivity index (χ0) is 13.0. The topological polar surface area (TPSA) is 40.7 Å². The normalized spacial score (nSPS) is 11.1. The van der Waals surface area contributed by atoms with Crippen molar-refractivity contribution in [3.63, 3.8) is 0 Å². The molecule has 0 spiro atoms. The van der Waals surface area contributed by atoms with Crippen LogP contribution in [0.2, 0.25) is 0 Å². The second-order valence-electron chi connectivity index (χ2n) is 4.84. The average Bonchev–Trinajstić information content (AvgIpc) is 2.85. The lowest BCUT2D eigenvalue weighted by molar-refractivity contribution is 0.583. The van der Waals surface area contributed by atoms with E-state index in [0.717, 1.165) is 30.0 Å². The van der Waals surface area contributed by atoms with Gasteiger partial charge in [0.05, 0.1) is 0 Å². The molecule has 1 aromatic carbocycles. The Labute approximate surface area is 109 Å². The molecule has 0 saturated carbocycles. The van der Waals surface area contributed by atoms with Crippen molar-refractivity contribution < 1.29 is 0 Å². The SMILES string of the molecule is CCc1ccc(-c2ncc(CNC(C)C)[nH]2)cc1. The summed E-state index contributed by atoms with van der Waals surface area (Å²) < 4.78 is 0. The van der Waals surface area contributed by atoms with Gasteiger partial charge in [-0.3, -0.25) is 0 Å². The van der Waals surface area contributed by atoms with E-state index in [1.807, 2.05) is 6.20 Å². The zero-order valence-corrected chi connectivity index (χ0v) is 11.3. The number of rotatable bonds is 5. The summed E-state index contributed by atoms with van der Waals surface area (Å²) in [7, 11) is 0. The van der Waals surface area contributed by atoms with Crippen LogP contribution >= 0.6 is 0 Å². The predicted molar refractivity (Wildman–Crippen MR) is 75.4 cm³/mol. The van der Waals surface area contributed by atoms with Gasteiger partial charge in [0.1, 0.15) is 5.82 Å². The van der Waals surface area contributed by atoms with Gasteiger partial charge in [-0.2, -0.15) is 0 Å². The predicted octanol–water partition coefficient (Wildman–Crippen LogP) is 3.14. The zero-order valence-electron chi connectivity index (χ0n) is 11.3. The molecule has 0 aliphatic carbocycles. The number of imidazole rings is 1. The van der Waals surface area contributed by atoms with Gasteiger partial charge in [-0.05, 0) is 12.0 Å². The molecule has 0 fully saturated rings. The molecule has 2 N–H and O–H groups in total. The summed E-state index contributed by atoms with van der Waals surface area (Å²) >= 11 is 0. The first kappa shape index (κ1) is 12.8. The molecule has 96 valence electrons. The average molecular weight is 243 g/mol. The van der Waals surface area contributed by atoms with Crippen molar-refractivity contribution in [3.8, 4) is 11.4 Å². The van der Waals surface area contributed by atoms with Crippen molar-refractivity contribution in [1.82, 2.24) is 15.3 Å². The van der Waals surface area contributed by atoms with E-state index in [1.165, 1.54) is 5.56 Å². The standard InChI is InChI=1S/C15H21N3/c1-4-12-5-7-13(8-6-12)15-17-10-14(18-15)9-16-11(2)3/h5-8,10-11,16H,4,9H2,1-3H3,(H,17,18). The maximum Gasteiger partial charge on any atom is 0.137 e. The van der Waals surface area contributed by atoms with Crippen molar-refractivity contribution in [3.05, 3.63) is 41.7 Å². The van der Waals surface area contributed by atoms with Crippen LogP contribution in [0.25, 0.3) is 11.4 Å². The van der Waals surface area contributed by atoms with Gasteiger partial charge in [-0.1, -0.05) is 45.0 Å². The molecule has 0 unspecified atom stereocenters. The molecule has 0 amide bonds. The van der Waals surface area contributed by atoms with Crippen LogP contribution in [0.1, 0.15) is 32.0 Å². The highest BCUT2D eigenvalue weighted by Crippen LogP contribution is 2.16. The van der Waals surface area contributed by atoms with Gasteiger partial charge in [0.15, 0.2) is 0 Å². The maximum absolute atomic E-state index is 4.42. The minimum Gasteiger partial charge on any atom is -0.341 e. The highest BCUT2D eigenvalue weighted by Gasteiger charge is 2.03. The molecule has 0 aliphatic rings. The Hall–Kier alpha value is -1.61. The third-order valence-electron chi connectivity index (χ3n) is 2.96. The number of benzene rings is 1. The lowest BCUT2D eigenvalue weighted by Gasteiger charge is -2.05. The van der Waals surface area contributed by atoms with Crippen molar-refractivity contribution in [2.75, 3.05) is 0 Å². The Morgan fingerprint density at radius 1 is 1.22 bits per heavy atom. The van der Waals surface area contributed by atoms with Crippen molar-refractivity contribution in [2.24, 2.45) is 0 Å². The van der Waals surface area contributed by atoms with Crippen molar-refractivity contribution >= 4 is 0 Å². The minimum absolute atomic E-state index is 0.487. The number of nitrogens with one attached hydrogen (secondary N) is 2. The summed E-state index contributed by atoms with van der Waals surface area (Å²) in [5.74, 6) is 0.943. The van der Waals surface area contributed by atoms with Gasteiger partial charge in [-0.15, -0.1) is 0 Å². The number of aromatic amines is 1. The van der Waals surface area contributed by atoms with Crippen LogP contribution in [0.3, 0.4) is 0 Å². The van der Waals surface area contributed by atoms with Crippen LogP contribution in [0.4, 0.5) is 0 Å². The number of H-pyrrole nitrogens is 1. The van der Waals surface area contributed by atoms with Gasteiger partial charge in [0.2, 0.25) is 0 Å². The van der Waals surface area contributed by atoms with Crippen molar-refractivity contribution in [2.45, 2.75) is 39.8 Å². The van der Waals surface area contributed by atoms with E-state index in [-0.39, 0.29) is 0 Å². The Kier molecular flexibility index (Phi) is 4.15. The van der Waals surface area contributed by atoms with E-state index < -0.39 is 0 Å². The Morgan fingerprint density at radius 3 is 2.56 bits per heavy atom. The first-order chi connectivity index (χ1) is 8.69. The molecule has 0 radical (unpaired) electrons. The summed E-state index contributed by atoms with van der Waals surface area (Å²) in [4.78, 5) is 7.77. The number of aromatic nitrogens is 2. The second-order valence-corrected chi connectivity index (χ2v) is 4.84. The highest BCUT2D eigenvalue weighted by atomic mass is 15.0. The quantitative estimate of drug-likeness (QED) is 0.847. The van der Waals surface area contributed by atoms with Gasteiger partial charge in [0, 0.05) is 30.0 Å². The molecule has 1 aromatic heterocycles. The third-order valence-corrected chi connectivity index (χ3v) is 2.96. The van der Waals surface area contributed by atoms with E-state index in [0.29, 0.717) is 6.04 Å². The number of hydrogen-bond acceptors (Lipinski definition) is 2. The smallest absolute Gasteiger partial charge is 0.137 e. The third kappa shape index (κ3) is 3.20. The monoisotopic (exact) mass is 243 g/mol. The fourth-order valence-corrected chi connectivity index (χ4v) is 1.81. The van der Waals surface area contributed by atoms with Crippen LogP contribution < -0.4 is 5.32 Å². The number of aryl methyl sites for hydroxylation is 1. The van der Waals surface area contributed by atoms with Gasteiger partial charge in [-0.25, -0.2) is 4.98 Å². The van der Waals surface area contributed by atoms with E-state index in [9.17, 15) is 0 Å². The van der Waals surface area contributed by atoms with Crippen LogP contribution in [-0.2, 0) is 13.0 Å². The molecule has 2 rings (SSSR count). The van der Waals surface area contributed by atoms with Gasteiger partial charge >= 0.3 is 0 Å². The fourth-order valence-electron chi connectivity index (χ4n) is 1.81. The van der Waals surface area contributed by atoms with E-state index >= 15 is 0 Å². The molecule has 1 heterocycles. The van der Waals surface area contributed by atoms with Gasteiger partial charge < -0.3 is 10.3 Å². The van der Waals surface area contributed by atoms with E-state index in [4.69, 9.17) is 0 Å². The summed E-state index contributed by atoms with van der Waals surface area (Å²) in [6, 6.07) is 9.04. The van der Waals surface area contributed by atoms with Crippen LogP contribution in [0, 0.1) is 0 Å². The number of nitrogens with zero attached hydrogens (tertiary/aromatic N) is 1. The van der Waals surface area contributed by atoms with Crippen molar-refractivity contribution in [1.29, 1.82) is 0 Å². The largest absolute Gasteiger partial charge is 0.341 e. The van der Waals surface area contributed by atoms with Crippen LogP contribution in [-0.4, -0.2) is 16.0 Å². The lowest BCUT2D eigenvalue weighted by atomic mass is 10.1. The molecule has 3 heteroatoms. The summed E-state index contributed by atoms with van der Waals surface area (Å²) in [5, 5.41) is 3.37. The molecular formula is C15H21N3. The molecule has 18 heavy (non-hydrogen) atoms. The Balaban J connectivity index is 2.08. The Bertz CT molecular complexity index is 483. The molecule has 2 aromatic rings. The highest BCUT2D eigenvalue weighted by molar-refractivity contribution is 5.55. The summed E-state index contributed by atoms with van der Waals surface area (Å²) in [5.41, 5.74) is 3.62. The molecule has 0 saturated heterocycles. The molecule has 0 atom stereocenters. The fraction of sp³-hybridized carbons (Fsp3) is 0.400. The van der Waals surface area contributed by atoms with E-state index in [2.05, 4.69) is 60.3 Å². The first-order valence-corrected chi connectivity index (χ1v) is 6.55. The van der Waals surface area contributed by atoms with E-state index in [1.54, 1.807) is 0 Å². The Morgan fingerprint density at radius 2 is 1.94 bits per heavy atom. The minimum atomic E-state index is 0.487. The maximum atomic E-state index is 4.42. The van der Waals surface area contributed by atoms with Crippen LogP contribution in [0.15, 0.2) is 30.5 Å². The molecule has 0 bridgehead atoms. The second kappa shape index (κ2) is 5.83. The lowest BCUT2D eigenvalue weighted by Crippen LogP contribution is -2.21. The number of hydrogen-bond donors (Lipinski definition) is 2. The van der Waals surface area contributed by atoms with Crippen LogP contribution in [0.5, 0.6) is 0 Å². The summed E-state index contributed by atoms with van der Waals surface area (Å²) in [6.07, 6.45) is 2.97. The molecule has 0 aliphatic heterocycles.